The zero-order valence-corrected chi connectivity index (χ0v) is 16.2. The highest BCUT2D eigenvalue weighted by Gasteiger charge is 2.27. The molecular formula is C19H26N4O2S. The van der Waals surface area contributed by atoms with Crippen LogP contribution in [0.3, 0.4) is 0 Å². The predicted octanol–water partition coefficient (Wildman–Crippen LogP) is 3.40. The Hall–Kier alpha value is -1.99. The topological polar surface area (TPSA) is 63.1 Å². The number of H-pyrrole nitrogens is 1. The van der Waals surface area contributed by atoms with Gasteiger partial charge in [0.25, 0.3) is 0 Å². The molecule has 0 radical (unpaired) electrons. The van der Waals surface area contributed by atoms with Crippen molar-refractivity contribution in [3.8, 4) is 11.4 Å². The summed E-state index contributed by atoms with van der Waals surface area (Å²) in [6.45, 7) is 6.66. The molecule has 0 unspecified atom stereocenters. The van der Waals surface area contributed by atoms with E-state index in [9.17, 15) is 4.79 Å². The van der Waals surface area contributed by atoms with Crippen molar-refractivity contribution in [2.24, 2.45) is 5.92 Å². The number of carbonyl (C=O) groups is 1. The van der Waals surface area contributed by atoms with Crippen LogP contribution in [0.1, 0.15) is 32.3 Å². The highest BCUT2D eigenvalue weighted by molar-refractivity contribution is 7.71. The Labute approximate surface area is 159 Å². The Morgan fingerprint density at radius 1 is 1.35 bits per heavy atom. The Kier molecular flexibility index (Phi) is 6.21. The molecule has 0 bridgehead atoms. The fraction of sp³-hybridized carbons (Fsp3) is 0.526. The number of carbonyl (C=O) groups excluding carboxylic acids is 1. The number of aryl methyl sites for hydroxylation is 1. The van der Waals surface area contributed by atoms with Crippen LogP contribution in [-0.4, -0.2) is 45.3 Å². The molecule has 1 N–H and O–H groups in total. The van der Waals surface area contributed by atoms with Gasteiger partial charge in [-0.2, -0.15) is 4.98 Å². The Balaban J connectivity index is 1.69. The maximum atomic E-state index is 12.0. The van der Waals surface area contributed by atoms with Crippen LogP contribution in [0.25, 0.3) is 11.4 Å². The van der Waals surface area contributed by atoms with Crippen LogP contribution < -0.4 is 0 Å². The first-order chi connectivity index (χ1) is 12.6. The van der Waals surface area contributed by atoms with Crippen molar-refractivity contribution in [2.45, 2.75) is 39.8 Å². The normalized spacial score (nSPS) is 18.0. The van der Waals surface area contributed by atoms with Gasteiger partial charge in [-0.3, -0.25) is 14.8 Å². The molecule has 1 atom stereocenters. The van der Waals surface area contributed by atoms with Gasteiger partial charge in [-0.15, -0.1) is 0 Å². The predicted molar refractivity (Wildman–Crippen MR) is 103 cm³/mol. The molecule has 1 saturated heterocycles. The minimum Gasteiger partial charge on any atom is -0.466 e. The van der Waals surface area contributed by atoms with Gasteiger partial charge in [-0.05, 0) is 50.5 Å². The number of esters is 1. The van der Waals surface area contributed by atoms with E-state index < -0.39 is 0 Å². The zero-order valence-electron chi connectivity index (χ0n) is 15.4. The Morgan fingerprint density at radius 3 is 2.81 bits per heavy atom. The smallest absolute Gasteiger partial charge is 0.310 e. The first-order valence-corrected chi connectivity index (χ1v) is 9.66. The molecule has 26 heavy (non-hydrogen) atoms. The number of nitrogens with one attached hydrogen (secondary N) is 1. The van der Waals surface area contributed by atoms with Crippen molar-refractivity contribution in [2.75, 3.05) is 19.7 Å². The monoisotopic (exact) mass is 374 g/mol. The van der Waals surface area contributed by atoms with Gasteiger partial charge in [0.1, 0.15) is 0 Å². The lowest BCUT2D eigenvalue weighted by molar-refractivity contribution is -0.150. The molecule has 6 nitrogen and oxygen atoms in total. The van der Waals surface area contributed by atoms with Gasteiger partial charge in [0.2, 0.25) is 4.77 Å². The SMILES string of the molecule is CCOC(=O)[C@@H]1CCCN(Cn2[nH]c(-c3ccc(CC)cc3)nc2=S)C1. The number of hydrogen-bond donors (Lipinski definition) is 1. The summed E-state index contributed by atoms with van der Waals surface area (Å²) >= 11 is 5.41. The molecule has 1 fully saturated rings. The number of aromatic amines is 1. The van der Waals surface area contributed by atoms with Gasteiger partial charge in [-0.25, -0.2) is 4.68 Å². The summed E-state index contributed by atoms with van der Waals surface area (Å²) in [5, 5.41) is 3.30. The molecule has 1 aliphatic heterocycles. The number of nitrogens with zero attached hydrogens (tertiary/aromatic N) is 3. The molecule has 0 spiro atoms. The lowest BCUT2D eigenvalue weighted by atomic mass is 9.99. The van der Waals surface area contributed by atoms with E-state index in [0.29, 0.717) is 24.6 Å². The second-order valence-electron chi connectivity index (χ2n) is 6.64. The number of piperidine rings is 1. The summed E-state index contributed by atoms with van der Waals surface area (Å²) in [6, 6.07) is 8.35. The third-order valence-electron chi connectivity index (χ3n) is 4.78. The number of likely N-dealkylation sites (tertiary alicyclic amines) is 1. The van der Waals surface area contributed by atoms with E-state index >= 15 is 0 Å². The standard InChI is InChI=1S/C19H26N4O2S/c1-3-14-7-9-15(10-8-14)17-20-19(26)23(21-17)13-22-11-5-6-16(12-22)18(24)25-4-2/h7-10,16H,3-6,11-13H2,1-2H3,(H,20,21,26)/t16-/m1/s1. The molecule has 0 aliphatic carbocycles. The van der Waals surface area contributed by atoms with Crippen molar-refractivity contribution < 1.29 is 9.53 Å². The van der Waals surface area contributed by atoms with Crippen molar-refractivity contribution in [1.29, 1.82) is 0 Å². The van der Waals surface area contributed by atoms with Crippen LogP contribution in [0.2, 0.25) is 0 Å². The summed E-state index contributed by atoms with van der Waals surface area (Å²) < 4.78 is 7.56. The van der Waals surface area contributed by atoms with E-state index in [0.717, 1.165) is 37.2 Å². The summed E-state index contributed by atoms with van der Waals surface area (Å²) in [7, 11) is 0. The van der Waals surface area contributed by atoms with Crippen molar-refractivity contribution in [3.63, 3.8) is 0 Å². The van der Waals surface area contributed by atoms with E-state index in [1.807, 2.05) is 11.6 Å². The van der Waals surface area contributed by atoms with Crippen LogP contribution in [-0.2, 0) is 22.6 Å². The molecule has 0 saturated carbocycles. The Bertz CT molecular complexity index is 797. The third-order valence-corrected chi connectivity index (χ3v) is 5.09. The lowest BCUT2D eigenvalue weighted by Crippen LogP contribution is -2.40. The van der Waals surface area contributed by atoms with Gasteiger partial charge >= 0.3 is 5.97 Å². The molecule has 140 valence electrons. The second-order valence-corrected chi connectivity index (χ2v) is 7.01. The molecule has 3 rings (SSSR count). The van der Waals surface area contributed by atoms with Crippen molar-refractivity contribution in [3.05, 3.63) is 34.6 Å². The van der Waals surface area contributed by atoms with Crippen LogP contribution in [0, 0.1) is 10.7 Å². The van der Waals surface area contributed by atoms with Crippen LogP contribution in [0.4, 0.5) is 0 Å². The second kappa shape index (κ2) is 8.60. The summed E-state index contributed by atoms with van der Waals surface area (Å²) in [6.07, 6.45) is 2.89. The fourth-order valence-electron chi connectivity index (χ4n) is 3.32. The van der Waals surface area contributed by atoms with Crippen molar-refractivity contribution in [1.82, 2.24) is 19.7 Å². The molecule has 2 heterocycles. The zero-order chi connectivity index (χ0) is 18.5. The average Bonchev–Trinajstić information content (AvgIpc) is 3.03. The van der Waals surface area contributed by atoms with Crippen LogP contribution in [0.15, 0.2) is 24.3 Å². The minimum atomic E-state index is -0.0953. The largest absolute Gasteiger partial charge is 0.466 e. The van der Waals surface area contributed by atoms with E-state index in [1.54, 1.807) is 0 Å². The van der Waals surface area contributed by atoms with E-state index in [-0.39, 0.29) is 11.9 Å². The molecule has 1 aromatic heterocycles. The van der Waals surface area contributed by atoms with Crippen molar-refractivity contribution >= 4 is 18.2 Å². The molecule has 7 heteroatoms. The number of benzene rings is 1. The maximum absolute atomic E-state index is 12.0. The quantitative estimate of drug-likeness (QED) is 0.620. The molecule has 1 aliphatic rings. The molecule has 2 aromatic rings. The number of rotatable bonds is 6. The first-order valence-electron chi connectivity index (χ1n) is 9.25. The number of aromatic nitrogens is 3. The number of hydrogen-bond acceptors (Lipinski definition) is 5. The van der Waals surface area contributed by atoms with Gasteiger partial charge in [0.15, 0.2) is 5.82 Å². The highest BCUT2D eigenvalue weighted by Crippen LogP contribution is 2.20. The number of ether oxygens (including phenoxy) is 1. The van der Waals surface area contributed by atoms with Gasteiger partial charge in [0.05, 0.1) is 19.2 Å². The summed E-state index contributed by atoms with van der Waals surface area (Å²) in [4.78, 5) is 18.7. The third kappa shape index (κ3) is 4.40. The van der Waals surface area contributed by atoms with Crippen LogP contribution >= 0.6 is 12.2 Å². The molecule has 1 aromatic carbocycles. The first kappa shape index (κ1) is 18.8. The van der Waals surface area contributed by atoms with Gasteiger partial charge in [-0.1, -0.05) is 31.2 Å². The summed E-state index contributed by atoms with van der Waals surface area (Å²) in [5.41, 5.74) is 2.32. The molecular weight excluding hydrogens is 348 g/mol. The van der Waals surface area contributed by atoms with E-state index in [1.165, 1.54) is 5.56 Å². The minimum absolute atomic E-state index is 0.0538. The molecule has 0 amide bonds. The summed E-state index contributed by atoms with van der Waals surface area (Å²) in [5.74, 6) is 0.626. The highest BCUT2D eigenvalue weighted by atomic mass is 32.1. The maximum Gasteiger partial charge on any atom is 0.310 e. The van der Waals surface area contributed by atoms with E-state index in [4.69, 9.17) is 17.0 Å². The lowest BCUT2D eigenvalue weighted by Gasteiger charge is -2.31. The Morgan fingerprint density at radius 2 is 2.12 bits per heavy atom. The van der Waals surface area contributed by atoms with Gasteiger partial charge in [0, 0.05) is 12.1 Å². The van der Waals surface area contributed by atoms with Gasteiger partial charge < -0.3 is 4.74 Å². The van der Waals surface area contributed by atoms with Crippen LogP contribution in [0.5, 0.6) is 0 Å². The average molecular weight is 375 g/mol. The fourth-order valence-corrected chi connectivity index (χ4v) is 3.51. The van der Waals surface area contributed by atoms with E-state index in [2.05, 4.69) is 46.2 Å².